The first kappa shape index (κ1) is 12.5. The van der Waals surface area contributed by atoms with E-state index >= 15 is 0 Å². The summed E-state index contributed by atoms with van der Waals surface area (Å²) in [7, 11) is 0. The number of anilines is 1. The molecule has 0 spiro atoms. The summed E-state index contributed by atoms with van der Waals surface area (Å²) in [6, 6.07) is 7.85. The first-order chi connectivity index (χ1) is 9.08. The lowest BCUT2D eigenvalue weighted by molar-refractivity contribution is -0.114. The number of nitrogens with zero attached hydrogens (tertiary/aromatic N) is 1. The molecule has 2 aromatic rings. The summed E-state index contributed by atoms with van der Waals surface area (Å²) in [5, 5.41) is 0. The van der Waals surface area contributed by atoms with Crippen LogP contribution in [0.3, 0.4) is 0 Å². The largest absolute Gasteiger partial charge is 0.299 e. The van der Waals surface area contributed by atoms with Crippen LogP contribution in [0.2, 0.25) is 0 Å². The van der Waals surface area contributed by atoms with Crippen molar-refractivity contribution < 1.29 is 14.0 Å². The normalized spacial score (nSPS) is 14.1. The molecule has 1 aromatic carbocycles. The molecule has 0 bridgehead atoms. The van der Waals surface area contributed by atoms with Crippen molar-refractivity contribution in [3.05, 3.63) is 50.4 Å². The van der Waals surface area contributed by atoms with Gasteiger partial charge in [0.15, 0.2) is 0 Å². The average molecular weight is 340 g/mol. The van der Waals surface area contributed by atoms with E-state index < -0.39 is 17.5 Å². The van der Waals surface area contributed by atoms with Crippen LogP contribution in [-0.2, 0) is 11.3 Å². The molecule has 0 radical (unpaired) electrons. The van der Waals surface area contributed by atoms with Gasteiger partial charge in [0, 0.05) is 4.88 Å². The number of rotatable bonds is 2. The second kappa shape index (κ2) is 4.54. The fraction of sp³-hybridized carbons (Fsp3) is 0.0769. The third kappa shape index (κ3) is 2.01. The van der Waals surface area contributed by atoms with Crippen LogP contribution in [0.15, 0.2) is 34.1 Å². The van der Waals surface area contributed by atoms with Gasteiger partial charge in [-0.1, -0.05) is 6.07 Å². The van der Waals surface area contributed by atoms with Gasteiger partial charge in [-0.3, -0.25) is 14.5 Å². The molecule has 3 rings (SSSR count). The second-order valence-corrected chi connectivity index (χ2v) is 6.61. The maximum atomic E-state index is 13.8. The van der Waals surface area contributed by atoms with Gasteiger partial charge in [0.05, 0.1) is 21.6 Å². The first-order valence-corrected chi connectivity index (χ1v) is 7.08. The Kier molecular flexibility index (Phi) is 2.99. The van der Waals surface area contributed by atoms with Crippen molar-refractivity contribution in [2.45, 2.75) is 6.54 Å². The van der Waals surface area contributed by atoms with Gasteiger partial charge in [-0.2, -0.15) is 0 Å². The SMILES string of the molecule is O=C1C(=O)N(Cc2ccc(Br)s2)c2c(F)cccc21. The minimum absolute atomic E-state index is 0.0852. The predicted octanol–water partition coefficient (Wildman–Crippen LogP) is 3.38. The van der Waals surface area contributed by atoms with Crippen LogP contribution in [0, 0.1) is 5.82 Å². The smallest absolute Gasteiger partial charge is 0.297 e. The Morgan fingerprint density at radius 2 is 2.00 bits per heavy atom. The highest BCUT2D eigenvalue weighted by molar-refractivity contribution is 9.11. The molecule has 96 valence electrons. The third-order valence-corrected chi connectivity index (χ3v) is 4.49. The zero-order valence-electron chi connectivity index (χ0n) is 9.52. The molecule has 0 atom stereocenters. The van der Waals surface area contributed by atoms with E-state index in [-0.39, 0.29) is 17.8 Å². The summed E-state index contributed by atoms with van der Waals surface area (Å²) < 4.78 is 14.8. The molecule has 1 aromatic heterocycles. The van der Waals surface area contributed by atoms with E-state index in [4.69, 9.17) is 0 Å². The predicted molar refractivity (Wildman–Crippen MR) is 73.9 cm³/mol. The van der Waals surface area contributed by atoms with Crippen molar-refractivity contribution in [3.8, 4) is 0 Å². The molecule has 3 nitrogen and oxygen atoms in total. The van der Waals surface area contributed by atoms with E-state index in [1.165, 1.54) is 34.4 Å². The summed E-state index contributed by atoms with van der Waals surface area (Å²) in [5.74, 6) is -1.87. The summed E-state index contributed by atoms with van der Waals surface area (Å²) in [6.07, 6.45) is 0. The highest BCUT2D eigenvalue weighted by Gasteiger charge is 2.37. The Morgan fingerprint density at radius 3 is 2.68 bits per heavy atom. The average Bonchev–Trinajstić information content (AvgIpc) is 2.89. The van der Waals surface area contributed by atoms with Crippen LogP contribution in [-0.4, -0.2) is 11.7 Å². The number of carbonyl (C=O) groups excluding carboxylic acids is 2. The van der Waals surface area contributed by atoms with E-state index in [1.54, 1.807) is 0 Å². The van der Waals surface area contributed by atoms with Crippen molar-refractivity contribution >= 4 is 44.6 Å². The summed E-state index contributed by atoms with van der Waals surface area (Å²) in [5.41, 5.74) is 0.225. The Balaban J connectivity index is 2.04. The summed E-state index contributed by atoms with van der Waals surface area (Å²) in [6.45, 7) is 0.203. The van der Waals surface area contributed by atoms with Gasteiger partial charge < -0.3 is 0 Å². The number of para-hydroxylation sites is 1. The van der Waals surface area contributed by atoms with Gasteiger partial charge in [0.25, 0.3) is 11.7 Å². The van der Waals surface area contributed by atoms with Gasteiger partial charge in [-0.05, 0) is 40.2 Å². The molecule has 0 saturated carbocycles. The standard InChI is InChI=1S/C13H7BrFNO2S/c14-10-5-4-7(19-10)6-16-11-8(12(17)13(16)18)2-1-3-9(11)15/h1-5H,6H2. The molecule has 0 N–H and O–H groups in total. The maximum absolute atomic E-state index is 13.8. The Labute approximate surface area is 120 Å². The van der Waals surface area contributed by atoms with Crippen molar-refractivity contribution in [2.75, 3.05) is 4.90 Å². The molecular weight excluding hydrogens is 333 g/mol. The molecule has 1 aliphatic heterocycles. The van der Waals surface area contributed by atoms with Crippen LogP contribution >= 0.6 is 27.3 Å². The number of hydrogen-bond donors (Lipinski definition) is 0. The molecule has 2 heterocycles. The van der Waals surface area contributed by atoms with Crippen molar-refractivity contribution in [2.24, 2.45) is 0 Å². The zero-order chi connectivity index (χ0) is 13.6. The van der Waals surface area contributed by atoms with E-state index in [0.717, 1.165) is 8.66 Å². The number of amides is 1. The lowest BCUT2D eigenvalue weighted by Crippen LogP contribution is -2.29. The van der Waals surface area contributed by atoms with Crippen LogP contribution in [0.25, 0.3) is 0 Å². The van der Waals surface area contributed by atoms with Gasteiger partial charge in [-0.15, -0.1) is 11.3 Å². The van der Waals surface area contributed by atoms with Gasteiger partial charge in [-0.25, -0.2) is 4.39 Å². The Morgan fingerprint density at radius 1 is 1.21 bits per heavy atom. The third-order valence-electron chi connectivity index (χ3n) is 2.88. The fourth-order valence-electron chi connectivity index (χ4n) is 2.06. The van der Waals surface area contributed by atoms with Crippen LogP contribution in [0.1, 0.15) is 15.2 Å². The Bertz CT molecular complexity index is 698. The summed E-state index contributed by atoms with van der Waals surface area (Å²) >= 11 is 4.78. The van der Waals surface area contributed by atoms with Crippen LogP contribution < -0.4 is 4.90 Å². The fourth-order valence-corrected chi connectivity index (χ4v) is 3.53. The minimum Gasteiger partial charge on any atom is -0.297 e. The van der Waals surface area contributed by atoms with E-state index in [0.29, 0.717) is 0 Å². The van der Waals surface area contributed by atoms with Crippen LogP contribution in [0.5, 0.6) is 0 Å². The monoisotopic (exact) mass is 339 g/mol. The molecule has 0 aliphatic carbocycles. The second-order valence-electron chi connectivity index (χ2n) is 4.06. The number of ketones is 1. The molecule has 0 saturated heterocycles. The number of thiophene rings is 1. The number of carbonyl (C=O) groups is 2. The lowest BCUT2D eigenvalue weighted by Gasteiger charge is -2.15. The molecule has 0 unspecified atom stereocenters. The highest BCUT2D eigenvalue weighted by Crippen LogP contribution is 2.34. The molecular formula is C13H7BrFNO2S. The lowest BCUT2D eigenvalue weighted by atomic mass is 10.1. The highest BCUT2D eigenvalue weighted by atomic mass is 79.9. The molecule has 1 amide bonds. The molecule has 0 fully saturated rings. The van der Waals surface area contributed by atoms with Crippen LogP contribution in [0.4, 0.5) is 10.1 Å². The van der Waals surface area contributed by atoms with E-state index in [9.17, 15) is 14.0 Å². The number of fused-ring (bicyclic) bond motifs is 1. The first-order valence-electron chi connectivity index (χ1n) is 5.47. The quantitative estimate of drug-likeness (QED) is 0.786. The number of benzene rings is 1. The number of hydrogen-bond acceptors (Lipinski definition) is 3. The Hall–Kier alpha value is -1.53. The number of halogens is 2. The zero-order valence-corrected chi connectivity index (χ0v) is 11.9. The van der Waals surface area contributed by atoms with Crippen molar-refractivity contribution in [1.82, 2.24) is 0 Å². The van der Waals surface area contributed by atoms with Gasteiger partial charge in [0.1, 0.15) is 5.82 Å². The van der Waals surface area contributed by atoms with Gasteiger partial charge in [0.2, 0.25) is 0 Å². The van der Waals surface area contributed by atoms with Gasteiger partial charge >= 0.3 is 0 Å². The van der Waals surface area contributed by atoms with Crippen molar-refractivity contribution in [1.29, 1.82) is 0 Å². The molecule has 6 heteroatoms. The molecule has 1 aliphatic rings. The van der Waals surface area contributed by atoms with E-state index in [1.807, 2.05) is 12.1 Å². The maximum Gasteiger partial charge on any atom is 0.299 e. The molecule has 19 heavy (non-hydrogen) atoms. The summed E-state index contributed by atoms with van der Waals surface area (Å²) in [4.78, 5) is 25.8. The van der Waals surface area contributed by atoms with Crippen molar-refractivity contribution in [3.63, 3.8) is 0 Å². The topological polar surface area (TPSA) is 37.4 Å². The minimum atomic E-state index is -0.676. The van der Waals surface area contributed by atoms with E-state index in [2.05, 4.69) is 15.9 Å². The number of Topliss-reactive ketones (excluding diaryl/α,β-unsaturated/α-hetero) is 1.